The maximum atomic E-state index is 12.4. The molecule has 0 aromatic carbocycles. The first-order valence-corrected chi connectivity index (χ1v) is 9.12. The van der Waals surface area contributed by atoms with E-state index in [0.29, 0.717) is 25.9 Å². The van der Waals surface area contributed by atoms with Crippen LogP contribution in [-0.2, 0) is 4.79 Å². The number of likely N-dealkylation sites (tertiary alicyclic amines) is 1. The van der Waals surface area contributed by atoms with E-state index in [4.69, 9.17) is 4.42 Å². The third kappa shape index (κ3) is 3.70. The zero-order chi connectivity index (χ0) is 17.1. The molecule has 0 bridgehead atoms. The molecule has 3 rings (SSSR count). The number of amides is 2. The van der Waals surface area contributed by atoms with Crippen molar-refractivity contribution < 1.29 is 14.0 Å². The molecule has 128 valence electrons. The van der Waals surface area contributed by atoms with Crippen molar-refractivity contribution in [3.8, 4) is 0 Å². The van der Waals surface area contributed by atoms with Crippen molar-refractivity contribution in [3.63, 3.8) is 0 Å². The summed E-state index contributed by atoms with van der Waals surface area (Å²) >= 11 is 1.46. The summed E-state index contributed by atoms with van der Waals surface area (Å²) in [6.07, 6.45) is 1.40. The lowest BCUT2D eigenvalue weighted by Gasteiger charge is -2.31. The molecule has 1 unspecified atom stereocenters. The lowest BCUT2D eigenvalue weighted by Crippen LogP contribution is -2.43. The van der Waals surface area contributed by atoms with E-state index in [1.807, 2.05) is 48.4 Å². The molecule has 0 aliphatic carbocycles. The fourth-order valence-corrected chi connectivity index (χ4v) is 3.68. The van der Waals surface area contributed by atoms with Gasteiger partial charge in [-0.2, -0.15) is 0 Å². The topological polar surface area (TPSA) is 62.6 Å². The number of piperidine rings is 1. The Morgan fingerprint density at radius 3 is 2.62 bits per heavy atom. The third-order valence-corrected chi connectivity index (χ3v) is 5.29. The van der Waals surface area contributed by atoms with Gasteiger partial charge in [-0.05, 0) is 50.3 Å². The first-order chi connectivity index (χ1) is 11.5. The van der Waals surface area contributed by atoms with Crippen LogP contribution in [0.4, 0.5) is 0 Å². The van der Waals surface area contributed by atoms with Crippen molar-refractivity contribution in [1.29, 1.82) is 0 Å². The summed E-state index contributed by atoms with van der Waals surface area (Å²) in [7, 11) is 0. The maximum absolute atomic E-state index is 12.4. The summed E-state index contributed by atoms with van der Waals surface area (Å²) in [6, 6.07) is 7.38. The predicted octanol–water partition coefficient (Wildman–Crippen LogP) is 3.38. The Bertz CT molecular complexity index is 700. The van der Waals surface area contributed by atoms with Gasteiger partial charge in [0, 0.05) is 19.0 Å². The Balaban J connectivity index is 1.51. The molecule has 3 heterocycles. The minimum absolute atomic E-state index is 0.0415. The summed E-state index contributed by atoms with van der Waals surface area (Å²) in [5, 5.41) is 4.92. The summed E-state index contributed by atoms with van der Waals surface area (Å²) in [5.41, 5.74) is 0. The standard InChI is InChI=1S/C18H22N2O3S/c1-12-5-6-15(23-12)13(2)19-17(21)14-7-9-20(10-8-14)18(22)16-4-3-11-24-16/h3-6,11,13-14H,7-10H2,1-2H3,(H,19,21). The zero-order valence-electron chi connectivity index (χ0n) is 14.0. The highest BCUT2D eigenvalue weighted by atomic mass is 32.1. The molecule has 6 heteroatoms. The Morgan fingerprint density at radius 2 is 2.04 bits per heavy atom. The van der Waals surface area contributed by atoms with Gasteiger partial charge in [0.1, 0.15) is 11.5 Å². The van der Waals surface area contributed by atoms with Crippen LogP contribution in [0, 0.1) is 12.8 Å². The van der Waals surface area contributed by atoms with Gasteiger partial charge >= 0.3 is 0 Å². The second kappa shape index (κ2) is 7.21. The van der Waals surface area contributed by atoms with Gasteiger partial charge in [-0.3, -0.25) is 9.59 Å². The SMILES string of the molecule is Cc1ccc(C(C)NC(=O)C2CCN(C(=O)c3cccs3)CC2)o1. The van der Waals surface area contributed by atoms with E-state index in [1.54, 1.807) is 0 Å². The molecule has 0 saturated carbocycles. The van der Waals surface area contributed by atoms with E-state index in [-0.39, 0.29) is 23.8 Å². The van der Waals surface area contributed by atoms with E-state index in [9.17, 15) is 9.59 Å². The molecule has 2 amide bonds. The highest BCUT2D eigenvalue weighted by Crippen LogP contribution is 2.22. The Kier molecular flexibility index (Phi) is 5.04. The fourth-order valence-electron chi connectivity index (χ4n) is 2.99. The van der Waals surface area contributed by atoms with Gasteiger partial charge in [0.25, 0.3) is 5.91 Å². The summed E-state index contributed by atoms with van der Waals surface area (Å²) in [4.78, 5) is 27.4. The largest absolute Gasteiger partial charge is 0.464 e. The maximum Gasteiger partial charge on any atom is 0.263 e. The minimum atomic E-state index is -0.142. The normalized spacial score (nSPS) is 16.8. The lowest BCUT2D eigenvalue weighted by atomic mass is 9.95. The molecule has 2 aromatic heterocycles. The molecule has 1 aliphatic heterocycles. The molecule has 0 spiro atoms. The summed E-state index contributed by atoms with van der Waals surface area (Å²) in [6.45, 7) is 5.07. The zero-order valence-corrected chi connectivity index (χ0v) is 14.8. The Labute approximate surface area is 145 Å². The number of carbonyl (C=O) groups is 2. The van der Waals surface area contributed by atoms with E-state index >= 15 is 0 Å². The summed E-state index contributed by atoms with van der Waals surface area (Å²) in [5.74, 6) is 1.68. The van der Waals surface area contributed by atoms with Gasteiger partial charge in [-0.1, -0.05) is 6.07 Å². The van der Waals surface area contributed by atoms with Crippen molar-refractivity contribution in [2.75, 3.05) is 13.1 Å². The molecule has 2 aromatic rings. The average molecular weight is 346 g/mol. The molecular formula is C18H22N2O3S. The highest BCUT2D eigenvalue weighted by molar-refractivity contribution is 7.12. The van der Waals surface area contributed by atoms with Crippen LogP contribution in [0.1, 0.15) is 47.0 Å². The number of thiophene rings is 1. The van der Waals surface area contributed by atoms with Crippen molar-refractivity contribution >= 4 is 23.2 Å². The number of nitrogens with zero attached hydrogens (tertiary/aromatic N) is 1. The number of carbonyl (C=O) groups excluding carboxylic acids is 2. The molecule has 24 heavy (non-hydrogen) atoms. The predicted molar refractivity (Wildman–Crippen MR) is 92.9 cm³/mol. The molecule has 1 N–H and O–H groups in total. The van der Waals surface area contributed by atoms with Crippen LogP contribution in [0.25, 0.3) is 0 Å². The highest BCUT2D eigenvalue weighted by Gasteiger charge is 2.29. The third-order valence-electron chi connectivity index (χ3n) is 4.43. The van der Waals surface area contributed by atoms with Crippen molar-refractivity contribution in [2.45, 2.75) is 32.7 Å². The molecular weight excluding hydrogens is 324 g/mol. The monoisotopic (exact) mass is 346 g/mol. The number of nitrogens with one attached hydrogen (secondary N) is 1. The molecule has 1 aliphatic rings. The first kappa shape index (κ1) is 16.8. The van der Waals surface area contributed by atoms with Crippen LogP contribution in [0.2, 0.25) is 0 Å². The minimum Gasteiger partial charge on any atom is -0.464 e. The van der Waals surface area contributed by atoms with Crippen LogP contribution in [0.3, 0.4) is 0 Å². The Hall–Kier alpha value is -2.08. The number of aryl methyl sites for hydroxylation is 1. The van der Waals surface area contributed by atoms with E-state index in [0.717, 1.165) is 16.4 Å². The van der Waals surface area contributed by atoms with Gasteiger partial charge in [0.15, 0.2) is 0 Å². The quantitative estimate of drug-likeness (QED) is 0.923. The Morgan fingerprint density at radius 1 is 1.29 bits per heavy atom. The number of rotatable bonds is 4. The fraction of sp³-hybridized carbons (Fsp3) is 0.444. The second-order valence-corrected chi connectivity index (χ2v) is 7.17. The smallest absolute Gasteiger partial charge is 0.263 e. The van der Waals surface area contributed by atoms with Crippen molar-refractivity contribution in [1.82, 2.24) is 10.2 Å². The van der Waals surface area contributed by atoms with Crippen molar-refractivity contribution in [2.24, 2.45) is 5.92 Å². The lowest BCUT2D eigenvalue weighted by molar-refractivity contribution is -0.127. The van der Waals surface area contributed by atoms with Gasteiger partial charge in [-0.15, -0.1) is 11.3 Å². The second-order valence-electron chi connectivity index (χ2n) is 6.22. The van der Waals surface area contributed by atoms with Crippen LogP contribution in [0.5, 0.6) is 0 Å². The van der Waals surface area contributed by atoms with Gasteiger partial charge in [-0.25, -0.2) is 0 Å². The van der Waals surface area contributed by atoms with Crippen LogP contribution in [-0.4, -0.2) is 29.8 Å². The number of furan rings is 1. The molecule has 1 fully saturated rings. The average Bonchev–Trinajstić information content (AvgIpc) is 3.26. The molecule has 1 saturated heterocycles. The molecule has 5 nitrogen and oxygen atoms in total. The van der Waals surface area contributed by atoms with E-state index in [1.165, 1.54) is 11.3 Å². The number of hydrogen-bond acceptors (Lipinski definition) is 4. The molecule has 1 atom stereocenters. The van der Waals surface area contributed by atoms with Gasteiger partial charge in [0.2, 0.25) is 5.91 Å². The van der Waals surface area contributed by atoms with E-state index < -0.39 is 0 Å². The number of hydrogen-bond donors (Lipinski definition) is 1. The molecule has 0 radical (unpaired) electrons. The van der Waals surface area contributed by atoms with E-state index in [2.05, 4.69) is 5.32 Å². The summed E-state index contributed by atoms with van der Waals surface area (Å²) < 4.78 is 5.56. The van der Waals surface area contributed by atoms with Crippen molar-refractivity contribution in [3.05, 3.63) is 46.0 Å². The van der Waals surface area contributed by atoms with Crippen LogP contribution >= 0.6 is 11.3 Å². The van der Waals surface area contributed by atoms with Gasteiger partial charge in [0.05, 0.1) is 10.9 Å². The van der Waals surface area contributed by atoms with Crippen LogP contribution < -0.4 is 5.32 Å². The van der Waals surface area contributed by atoms with Crippen LogP contribution in [0.15, 0.2) is 34.1 Å². The van der Waals surface area contributed by atoms with Gasteiger partial charge < -0.3 is 14.6 Å². The first-order valence-electron chi connectivity index (χ1n) is 8.24.